The Labute approximate surface area is 109 Å². The highest BCUT2D eigenvalue weighted by Crippen LogP contribution is 2.16. The topological polar surface area (TPSA) is 86.1 Å². The molecule has 100 valence electrons. The van der Waals surface area contributed by atoms with Crippen LogP contribution < -0.4 is 5.32 Å². The van der Waals surface area contributed by atoms with Crippen molar-refractivity contribution in [1.29, 1.82) is 0 Å². The van der Waals surface area contributed by atoms with Crippen molar-refractivity contribution < 1.29 is 14.3 Å². The van der Waals surface area contributed by atoms with E-state index in [9.17, 15) is 9.59 Å². The molecule has 0 bridgehead atoms. The molecule has 1 unspecified atom stereocenters. The summed E-state index contributed by atoms with van der Waals surface area (Å²) < 4.78 is 6.44. The predicted molar refractivity (Wildman–Crippen MR) is 66.1 cm³/mol. The van der Waals surface area contributed by atoms with E-state index in [0.717, 1.165) is 5.82 Å². The van der Waals surface area contributed by atoms with Crippen LogP contribution in [0.2, 0.25) is 0 Å². The van der Waals surface area contributed by atoms with Crippen LogP contribution in [-0.2, 0) is 21.4 Å². The van der Waals surface area contributed by atoms with Crippen molar-refractivity contribution in [3.8, 4) is 0 Å². The lowest BCUT2D eigenvalue weighted by atomic mass is 10.3. The third kappa shape index (κ3) is 3.73. The van der Waals surface area contributed by atoms with Gasteiger partial charge in [-0.3, -0.25) is 4.79 Å². The number of hydrogen-bond donors (Lipinski definition) is 1. The maximum atomic E-state index is 11.5. The van der Waals surface area contributed by atoms with Crippen LogP contribution >= 0.6 is 11.8 Å². The van der Waals surface area contributed by atoms with Crippen molar-refractivity contribution in [3.63, 3.8) is 0 Å². The Morgan fingerprint density at radius 2 is 2.17 bits per heavy atom. The molecule has 0 saturated carbocycles. The Morgan fingerprint density at radius 3 is 2.61 bits per heavy atom. The summed E-state index contributed by atoms with van der Waals surface area (Å²) in [6.45, 7) is 3.19. The molecule has 1 atom stereocenters. The fraction of sp³-hybridized carbons (Fsp3) is 0.600. The second kappa shape index (κ2) is 6.39. The number of esters is 1. The lowest BCUT2D eigenvalue weighted by Gasteiger charge is -2.14. The van der Waals surface area contributed by atoms with Crippen LogP contribution in [0, 0.1) is 6.92 Å². The van der Waals surface area contributed by atoms with Crippen LogP contribution in [0.25, 0.3) is 0 Å². The highest BCUT2D eigenvalue weighted by atomic mass is 32.2. The number of carbonyl (C=O) groups excluding carboxylic acids is 2. The summed E-state index contributed by atoms with van der Waals surface area (Å²) in [4.78, 5) is 22.5. The van der Waals surface area contributed by atoms with E-state index in [1.54, 1.807) is 0 Å². The number of ether oxygens (including phenoxy) is 1. The summed E-state index contributed by atoms with van der Waals surface area (Å²) >= 11 is 1.34. The quantitative estimate of drug-likeness (QED) is 0.595. The van der Waals surface area contributed by atoms with Gasteiger partial charge < -0.3 is 14.6 Å². The highest BCUT2D eigenvalue weighted by molar-refractivity contribution is 7.99. The average molecular weight is 272 g/mol. The molecule has 0 aliphatic rings. The van der Waals surface area contributed by atoms with Gasteiger partial charge in [0.25, 0.3) is 0 Å². The summed E-state index contributed by atoms with van der Waals surface area (Å²) in [6, 6.07) is -0.686. The first-order valence-corrected chi connectivity index (χ1v) is 6.28. The summed E-state index contributed by atoms with van der Waals surface area (Å²) in [6.07, 6.45) is 0. The molecule has 0 radical (unpaired) electrons. The van der Waals surface area contributed by atoms with Crippen LogP contribution in [0.15, 0.2) is 5.16 Å². The van der Waals surface area contributed by atoms with Gasteiger partial charge in [-0.1, -0.05) is 11.8 Å². The summed E-state index contributed by atoms with van der Waals surface area (Å²) in [5, 5.41) is 11.1. The van der Waals surface area contributed by atoms with Gasteiger partial charge in [0.15, 0.2) is 5.16 Å². The zero-order valence-electron chi connectivity index (χ0n) is 10.8. The van der Waals surface area contributed by atoms with E-state index >= 15 is 0 Å². The van der Waals surface area contributed by atoms with Crippen LogP contribution in [-0.4, -0.2) is 45.5 Å². The average Bonchev–Trinajstić information content (AvgIpc) is 2.64. The lowest BCUT2D eigenvalue weighted by Crippen LogP contribution is -2.42. The van der Waals surface area contributed by atoms with Crippen LogP contribution in [0.1, 0.15) is 12.7 Å². The van der Waals surface area contributed by atoms with Crippen molar-refractivity contribution >= 4 is 23.6 Å². The monoisotopic (exact) mass is 272 g/mol. The molecule has 8 heteroatoms. The zero-order chi connectivity index (χ0) is 13.7. The molecule has 7 nitrogen and oxygen atoms in total. The highest BCUT2D eigenvalue weighted by Gasteiger charge is 2.21. The number of amides is 1. The first-order chi connectivity index (χ1) is 8.45. The van der Waals surface area contributed by atoms with E-state index in [2.05, 4.69) is 20.3 Å². The van der Waals surface area contributed by atoms with Crippen molar-refractivity contribution in [2.24, 2.45) is 7.05 Å². The second-order valence-electron chi connectivity index (χ2n) is 3.68. The molecule has 1 amide bonds. The molecule has 1 aromatic heterocycles. The van der Waals surface area contributed by atoms with Gasteiger partial charge in [0.2, 0.25) is 5.91 Å². The number of nitrogens with one attached hydrogen (secondary N) is 1. The molecule has 0 aliphatic heterocycles. The van der Waals surface area contributed by atoms with Gasteiger partial charge in [-0.15, -0.1) is 10.2 Å². The molecule has 0 fully saturated rings. The molecule has 1 rings (SSSR count). The minimum absolute atomic E-state index is 0.278. The Balaban J connectivity index is 2.64. The van der Waals surface area contributed by atoms with E-state index in [0.29, 0.717) is 10.9 Å². The maximum Gasteiger partial charge on any atom is 0.329 e. The minimum Gasteiger partial charge on any atom is -0.467 e. The number of hydrogen-bond acceptors (Lipinski definition) is 6. The fourth-order valence-corrected chi connectivity index (χ4v) is 2.19. The molecule has 1 aromatic rings. The van der Waals surface area contributed by atoms with Crippen molar-refractivity contribution in [2.45, 2.75) is 25.0 Å². The number of rotatable bonds is 5. The summed E-state index contributed by atoms with van der Waals surface area (Å²) in [5.41, 5.74) is 0. The number of nitrogens with zero attached hydrogens (tertiary/aromatic N) is 3. The molecular weight excluding hydrogens is 256 g/mol. The van der Waals surface area contributed by atoms with Crippen LogP contribution in [0.3, 0.4) is 0 Å². The summed E-state index contributed by atoms with van der Waals surface area (Å²) in [5.74, 6) is 0.376. The number of aryl methyl sites for hydroxylation is 1. The molecule has 0 saturated heterocycles. The molecule has 1 N–H and O–H groups in total. The number of aromatic nitrogens is 3. The van der Waals surface area contributed by atoms with Crippen LogP contribution in [0.4, 0.5) is 0 Å². The molecule has 0 aromatic carbocycles. The van der Waals surface area contributed by atoms with E-state index in [4.69, 9.17) is 0 Å². The Bertz CT molecular complexity index is 446. The number of carbonyl (C=O) groups is 2. The third-order valence-corrected chi connectivity index (χ3v) is 3.41. The Morgan fingerprint density at radius 1 is 1.50 bits per heavy atom. The summed E-state index contributed by atoms with van der Waals surface area (Å²) in [7, 11) is 3.12. The standard InChI is InChI=1S/C10H16N4O3S/c1-6-12-13-10(14(6)3)18-5-8(9(16)17-4)11-7(2)15/h8H,5H2,1-4H3,(H,11,15). The second-order valence-corrected chi connectivity index (χ2v) is 4.66. The molecule has 0 spiro atoms. The molecule has 1 heterocycles. The lowest BCUT2D eigenvalue weighted by molar-refractivity contribution is -0.144. The van der Waals surface area contributed by atoms with Gasteiger partial charge in [0.1, 0.15) is 11.9 Å². The van der Waals surface area contributed by atoms with Gasteiger partial charge in [0, 0.05) is 19.7 Å². The Kier molecular flexibility index (Phi) is 5.14. The predicted octanol–water partition coefficient (Wildman–Crippen LogP) is -0.107. The van der Waals surface area contributed by atoms with Gasteiger partial charge in [-0.25, -0.2) is 4.79 Å². The van der Waals surface area contributed by atoms with Gasteiger partial charge in [-0.05, 0) is 6.92 Å². The van der Waals surface area contributed by atoms with Crippen LogP contribution in [0.5, 0.6) is 0 Å². The number of methoxy groups -OCH3 is 1. The largest absolute Gasteiger partial charge is 0.467 e. The first kappa shape index (κ1) is 14.5. The van der Waals surface area contributed by atoms with E-state index < -0.39 is 12.0 Å². The number of thioether (sulfide) groups is 1. The normalized spacial score (nSPS) is 12.0. The van der Waals surface area contributed by atoms with E-state index in [1.807, 2.05) is 18.5 Å². The van der Waals surface area contributed by atoms with Crippen molar-refractivity contribution in [3.05, 3.63) is 5.82 Å². The first-order valence-electron chi connectivity index (χ1n) is 5.29. The Hall–Kier alpha value is -1.57. The molecule has 18 heavy (non-hydrogen) atoms. The van der Waals surface area contributed by atoms with E-state index in [1.165, 1.54) is 25.8 Å². The van der Waals surface area contributed by atoms with Crippen molar-refractivity contribution in [2.75, 3.05) is 12.9 Å². The smallest absolute Gasteiger partial charge is 0.329 e. The van der Waals surface area contributed by atoms with Crippen molar-refractivity contribution in [1.82, 2.24) is 20.1 Å². The molecular formula is C10H16N4O3S. The van der Waals surface area contributed by atoms with Gasteiger partial charge in [0.05, 0.1) is 7.11 Å². The third-order valence-electron chi connectivity index (χ3n) is 2.29. The van der Waals surface area contributed by atoms with Gasteiger partial charge in [-0.2, -0.15) is 0 Å². The fourth-order valence-electron chi connectivity index (χ4n) is 1.23. The maximum absolute atomic E-state index is 11.5. The minimum atomic E-state index is -0.686. The SMILES string of the molecule is COC(=O)C(CSc1nnc(C)n1C)NC(C)=O. The van der Waals surface area contributed by atoms with E-state index in [-0.39, 0.29) is 5.91 Å². The zero-order valence-corrected chi connectivity index (χ0v) is 11.6. The van der Waals surface area contributed by atoms with Gasteiger partial charge >= 0.3 is 5.97 Å². The molecule has 0 aliphatic carbocycles.